The molecule has 1 heterocycles. The van der Waals surface area contributed by atoms with Gasteiger partial charge in [0, 0.05) is 23.7 Å². The largest absolute Gasteiger partial charge is 0.493 e. The lowest BCUT2D eigenvalue weighted by Crippen LogP contribution is -2.36. The van der Waals surface area contributed by atoms with Gasteiger partial charge in [0.25, 0.3) is 0 Å². The molecule has 1 unspecified atom stereocenters. The molecule has 0 aromatic heterocycles. The fourth-order valence-corrected chi connectivity index (χ4v) is 4.32. The molecule has 156 valence electrons. The molecule has 3 aromatic rings. The molecule has 0 amide bonds. The Labute approximate surface area is 179 Å². The third kappa shape index (κ3) is 3.87. The Kier molecular flexibility index (Phi) is 5.93. The quantitative estimate of drug-likeness (QED) is 0.513. The van der Waals surface area contributed by atoms with Gasteiger partial charge in [-0.3, -0.25) is 4.90 Å². The minimum atomic E-state index is -0.544. The van der Waals surface area contributed by atoms with Gasteiger partial charge in [0.1, 0.15) is 11.6 Å². The number of nitrogens with zero attached hydrogens (tertiary/aromatic N) is 1. The van der Waals surface area contributed by atoms with Gasteiger partial charge in [0.05, 0.1) is 20.3 Å². The predicted molar refractivity (Wildman–Crippen MR) is 113 cm³/mol. The summed E-state index contributed by atoms with van der Waals surface area (Å²) in [6.45, 7) is 0.775. The normalized spacial score (nSPS) is 16.2. The van der Waals surface area contributed by atoms with Crippen LogP contribution < -0.4 is 9.47 Å². The topological polar surface area (TPSA) is 21.7 Å². The SMILES string of the molecule is COc1cc2c(cc1OC)C(c1cccc(Cl)c1)N(Cc1c(F)cccc1F)CC2. The first-order chi connectivity index (χ1) is 14.5. The molecular weight excluding hydrogens is 408 g/mol. The summed E-state index contributed by atoms with van der Waals surface area (Å²) in [5.41, 5.74) is 3.14. The molecule has 0 saturated carbocycles. The molecule has 0 saturated heterocycles. The van der Waals surface area contributed by atoms with E-state index >= 15 is 0 Å². The van der Waals surface area contributed by atoms with E-state index in [9.17, 15) is 8.78 Å². The van der Waals surface area contributed by atoms with Gasteiger partial charge >= 0.3 is 0 Å². The standard InChI is InChI=1S/C24H22ClF2NO2/c1-29-22-12-15-9-10-28(14-19-20(26)7-4-8-21(19)27)24(18(15)13-23(22)30-2)16-5-3-6-17(25)11-16/h3-8,11-13,24H,9-10,14H2,1-2H3. The van der Waals surface area contributed by atoms with Crippen molar-refractivity contribution >= 4 is 11.6 Å². The molecular formula is C24H22ClF2NO2. The molecule has 3 nitrogen and oxygen atoms in total. The van der Waals surface area contributed by atoms with Crippen LogP contribution in [0.1, 0.15) is 28.3 Å². The first kappa shape index (κ1) is 20.6. The number of methoxy groups -OCH3 is 2. The number of halogens is 3. The van der Waals surface area contributed by atoms with Crippen LogP contribution in [0.5, 0.6) is 11.5 Å². The number of fused-ring (bicyclic) bond motifs is 1. The number of rotatable bonds is 5. The Morgan fingerprint density at radius 3 is 2.30 bits per heavy atom. The fraction of sp³-hybridized carbons (Fsp3) is 0.250. The predicted octanol–water partition coefficient (Wildman–Crippen LogP) is 5.78. The van der Waals surface area contributed by atoms with E-state index in [0.717, 1.165) is 23.1 Å². The lowest BCUT2D eigenvalue weighted by atomic mass is 9.87. The van der Waals surface area contributed by atoms with E-state index in [-0.39, 0.29) is 18.2 Å². The highest BCUT2D eigenvalue weighted by Gasteiger charge is 2.31. The van der Waals surface area contributed by atoms with E-state index in [0.29, 0.717) is 23.1 Å². The number of hydrogen-bond acceptors (Lipinski definition) is 3. The van der Waals surface area contributed by atoms with Crippen molar-refractivity contribution in [3.8, 4) is 11.5 Å². The molecule has 1 aliphatic heterocycles. The maximum atomic E-state index is 14.4. The highest BCUT2D eigenvalue weighted by molar-refractivity contribution is 6.30. The van der Waals surface area contributed by atoms with Gasteiger partial charge in [-0.2, -0.15) is 0 Å². The molecule has 0 N–H and O–H groups in total. The zero-order chi connectivity index (χ0) is 21.3. The second kappa shape index (κ2) is 8.62. The minimum Gasteiger partial charge on any atom is -0.493 e. The van der Waals surface area contributed by atoms with Crippen molar-refractivity contribution in [3.63, 3.8) is 0 Å². The third-order valence-corrected chi connectivity index (χ3v) is 5.80. The van der Waals surface area contributed by atoms with Crippen molar-refractivity contribution in [1.29, 1.82) is 0 Å². The average Bonchev–Trinajstić information content (AvgIpc) is 2.75. The van der Waals surface area contributed by atoms with Crippen molar-refractivity contribution in [2.24, 2.45) is 0 Å². The Hall–Kier alpha value is -2.63. The van der Waals surface area contributed by atoms with Gasteiger partial charge in [-0.05, 0) is 59.5 Å². The monoisotopic (exact) mass is 429 g/mol. The van der Waals surface area contributed by atoms with E-state index in [1.54, 1.807) is 14.2 Å². The fourth-order valence-electron chi connectivity index (χ4n) is 4.12. The van der Waals surface area contributed by atoms with Crippen molar-refractivity contribution < 1.29 is 18.3 Å². The molecule has 6 heteroatoms. The van der Waals surface area contributed by atoms with Crippen molar-refractivity contribution in [2.75, 3.05) is 20.8 Å². The maximum absolute atomic E-state index is 14.4. The van der Waals surface area contributed by atoms with Crippen molar-refractivity contribution in [1.82, 2.24) is 4.90 Å². The van der Waals surface area contributed by atoms with Crippen LogP contribution in [0, 0.1) is 11.6 Å². The Morgan fingerprint density at radius 1 is 0.967 bits per heavy atom. The third-order valence-electron chi connectivity index (χ3n) is 5.56. The second-order valence-electron chi connectivity index (χ2n) is 7.28. The van der Waals surface area contributed by atoms with Crippen LogP contribution in [-0.4, -0.2) is 25.7 Å². The maximum Gasteiger partial charge on any atom is 0.161 e. The zero-order valence-electron chi connectivity index (χ0n) is 16.8. The van der Waals surface area contributed by atoms with E-state index in [1.807, 2.05) is 36.4 Å². The lowest BCUT2D eigenvalue weighted by molar-refractivity contribution is 0.198. The van der Waals surface area contributed by atoms with Crippen molar-refractivity contribution in [3.05, 3.63) is 93.5 Å². The lowest BCUT2D eigenvalue weighted by Gasteiger charge is -2.38. The van der Waals surface area contributed by atoms with E-state index < -0.39 is 11.6 Å². The highest BCUT2D eigenvalue weighted by Crippen LogP contribution is 2.42. The summed E-state index contributed by atoms with van der Waals surface area (Å²) < 4.78 is 39.7. The average molecular weight is 430 g/mol. The number of benzene rings is 3. The van der Waals surface area contributed by atoms with Gasteiger partial charge in [-0.15, -0.1) is 0 Å². The molecule has 30 heavy (non-hydrogen) atoms. The smallest absolute Gasteiger partial charge is 0.161 e. The first-order valence-electron chi connectivity index (χ1n) is 9.69. The number of ether oxygens (including phenoxy) is 2. The van der Waals surface area contributed by atoms with Crippen LogP contribution in [0.2, 0.25) is 5.02 Å². The van der Waals surface area contributed by atoms with Crippen LogP contribution in [0.3, 0.4) is 0 Å². The van der Waals surface area contributed by atoms with Gasteiger partial charge in [-0.1, -0.05) is 29.8 Å². The van der Waals surface area contributed by atoms with Crippen LogP contribution >= 0.6 is 11.6 Å². The van der Waals surface area contributed by atoms with Crippen LogP contribution in [0.25, 0.3) is 0 Å². The van der Waals surface area contributed by atoms with Gasteiger partial charge in [-0.25, -0.2) is 8.78 Å². The van der Waals surface area contributed by atoms with E-state index in [1.165, 1.54) is 18.2 Å². The summed E-state index contributed by atoms with van der Waals surface area (Å²) in [5.74, 6) is 0.188. The number of hydrogen-bond donors (Lipinski definition) is 0. The van der Waals surface area contributed by atoms with Crippen LogP contribution in [0.4, 0.5) is 8.78 Å². The zero-order valence-corrected chi connectivity index (χ0v) is 17.5. The Morgan fingerprint density at radius 2 is 1.63 bits per heavy atom. The summed E-state index contributed by atoms with van der Waals surface area (Å²) in [4.78, 5) is 2.07. The van der Waals surface area contributed by atoms with Crippen molar-refractivity contribution in [2.45, 2.75) is 19.0 Å². The summed E-state index contributed by atoms with van der Waals surface area (Å²) in [7, 11) is 3.20. The summed E-state index contributed by atoms with van der Waals surface area (Å²) >= 11 is 6.27. The first-order valence-corrected chi connectivity index (χ1v) is 10.1. The highest BCUT2D eigenvalue weighted by atomic mass is 35.5. The molecule has 1 atom stereocenters. The molecule has 0 bridgehead atoms. The summed E-state index contributed by atoms with van der Waals surface area (Å²) in [6.07, 6.45) is 0.725. The molecule has 0 spiro atoms. The molecule has 0 radical (unpaired) electrons. The molecule has 1 aliphatic rings. The Bertz CT molecular complexity index is 1050. The van der Waals surface area contributed by atoms with E-state index in [2.05, 4.69) is 4.90 Å². The molecule has 4 rings (SSSR count). The van der Waals surface area contributed by atoms with Gasteiger partial charge in [0.15, 0.2) is 11.5 Å². The summed E-state index contributed by atoms with van der Waals surface area (Å²) in [5, 5.41) is 0.608. The Balaban J connectivity index is 1.83. The van der Waals surface area contributed by atoms with Crippen LogP contribution in [-0.2, 0) is 13.0 Å². The molecule has 3 aromatic carbocycles. The van der Waals surface area contributed by atoms with E-state index in [4.69, 9.17) is 21.1 Å². The minimum absolute atomic E-state index is 0.0634. The van der Waals surface area contributed by atoms with Crippen LogP contribution in [0.15, 0.2) is 54.6 Å². The van der Waals surface area contributed by atoms with Gasteiger partial charge in [0.2, 0.25) is 0 Å². The van der Waals surface area contributed by atoms with Gasteiger partial charge < -0.3 is 9.47 Å². The second-order valence-corrected chi connectivity index (χ2v) is 7.72. The molecule has 0 fully saturated rings. The molecule has 0 aliphatic carbocycles. The summed E-state index contributed by atoms with van der Waals surface area (Å²) in [6, 6.07) is 15.2.